The van der Waals surface area contributed by atoms with Gasteiger partial charge in [0, 0.05) is 44.9 Å². The summed E-state index contributed by atoms with van der Waals surface area (Å²) in [7, 11) is 4.70. The van der Waals surface area contributed by atoms with E-state index in [1.807, 2.05) is 4.90 Å². The van der Waals surface area contributed by atoms with E-state index in [1.54, 1.807) is 33.5 Å². The van der Waals surface area contributed by atoms with Gasteiger partial charge in [0.05, 0.1) is 27.0 Å². The standard InChI is InChI=1S/C25H33N3O4/c1-30-22-13-21(14-23(31-2)24(22)32-3)26-25(29)28-11-6-7-18(16-28)15-27-12-10-19-8-4-5-9-20(19)17-27/h4-5,8-9,13-14,18H,6-7,10-12,15-17H2,1-3H3,(H,26,29). The monoisotopic (exact) mass is 439 g/mol. The number of piperidine rings is 1. The van der Waals surface area contributed by atoms with Crippen LogP contribution in [0.2, 0.25) is 0 Å². The van der Waals surface area contributed by atoms with E-state index in [-0.39, 0.29) is 6.03 Å². The number of fused-ring (bicyclic) bond motifs is 1. The third-order valence-electron chi connectivity index (χ3n) is 6.45. The molecule has 2 aromatic rings. The quantitative estimate of drug-likeness (QED) is 0.737. The normalized spacial score (nSPS) is 18.6. The second kappa shape index (κ2) is 10.1. The second-order valence-corrected chi connectivity index (χ2v) is 8.55. The number of hydrogen-bond acceptors (Lipinski definition) is 5. The Morgan fingerprint density at radius 1 is 1.03 bits per heavy atom. The fourth-order valence-electron chi connectivity index (χ4n) is 4.83. The molecule has 2 amide bonds. The Morgan fingerprint density at radius 3 is 2.44 bits per heavy atom. The maximum atomic E-state index is 13.0. The first-order valence-corrected chi connectivity index (χ1v) is 11.3. The molecule has 4 rings (SSSR count). The number of rotatable bonds is 6. The zero-order chi connectivity index (χ0) is 22.5. The van der Waals surface area contributed by atoms with E-state index < -0.39 is 0 Å². The minimum absolute atomic E-state index is 0.0898. The number of carbonyl (C=O) groups excluding carboxylic acids is 1. The number of nitrogens with zero attached hydrogens (tertiary/aromatic N) is 2. The molecule has 0 bridgehead atoms. The van der Waals surface area contributed by atoms with Crippen molar-refractivity contribution in [2.45, 2.75) is 25.8 Å². The van der Waals surface area contributed by atoms with Gasteiger partial charge in [-0.15, -0.1) is 0 Å². The van der Waals surface area contributed by atoms with Gasteiger partial charge < -0.3 is 24.4 Å². The number of likely N-dealkylation sites (tertiary alicyclic amines) is 1. The van der Waals surface area contributed by atoms with Crippen LogP contribution < -0.4 is 19.5 Å². The Labute approximate surface area is 190 Å². The molecular formula is C25H33N3O4. The van der Waals surface area contributed by atoms with Crippen LogP contribution in [0.4, 0.5) is 10.5 Å². The topological polar surface area (TPSA) is 63.3 Å². The van der Waals surface area contributed by atoms with Crippen molar-refractivity contribution in [2.75, 3.05) is 52.8 Å². The summed E-state index contributed by atoms with van der Waals surface area (Å²) < 4.78 is 16.2. The van der Waals surface area contributed by atoms with Crippen molar-refractivity contribution in [1.82, 2.24) is 9.80 Å². The highest BCUT2D eigenvalue weighted by Gasteiger charge is 2.27. The number of urea groups is 1. The number of nitrogens with one attached hydrogen (secondary N) is 1. The first-order valence-electron chi connectivity index (χ1n) is 11.3. The molecule has 0 saturated carbocycles. The van der Waals surface area contributed by atoms with E-state index in [0.29, 0.717) is 28.9 Å². The zero-order valence-corrected chi connectivity index (χ0v) is 19.2. The first kappa shape index (κ1) is 22.3. The van der Waals surface area contributed by atoms with Gasteiger partial charge in [0.1, 0.15) is 0 Å². The maximum Gasteiger partial charge on any atom is 0.321 e. The van der Waals surface area contributed by atoms with Crippen molar-refractivity contribution in [1.29, 1.82) is 0 Å². The number of carbonyl (C=O) groups is 1. The molecule has 1 atom stereocenters. The molecule has 7 nitrogen and oxygen atoms in total. The largest absolute Gasteiger partial charge is 0.493 e. The van der Waals surface area contributed by atoms with Crippen LogP contribution in [0.5, 0.6) is 17.2 Å². The Hall–Kier alpha value is -2.93. The van der Waals surface area contributed by atoms with Crippen LogP contribution in [0.1, 0.15) is 24.0 Å². The van der Waals surface area contributed by atoms with Crippen molar-refractivity contribution in [3.8, 4) is 17.2 Å². The molecule has 0 radical (unpaired) electrons. The van der Waals surface area contributed by atoms with Crippen LogP contribution in [-0.2, 0) is 13.0 Å². The third-order valence-corrected chi connectivity index (χ3v) is 6.45. The number of methoxy groups -OCH3 is 3. The Morgan fingerprint density at radius 2 is 1.75 bits per heavy atom. The smallest absolute Gasteiger partial charge is 0.321 e. The number of benzene rings is 2. The molecule has 2 aromatic carbocycles. The van der Waals surface area contributed by atoms with Gasteiger partial charge in [-0.1, -0.05) is 24.3 Å². The lowest BCUT2D eigenvalue weighted by Gasteiger charge is -2.37. The summed E-state index contributed by atoms with van der Waals surface area (Å²) in [5.74, 6) is 2.03. The van der Waals surface area contributed by atoms with E-state index in [9.17, 15) is 4.79 Å². The molecular weight excluding hydrogens is 406 g/mol. The van der Waals surface area contributed by atoms with Crippen molar-refractivity contribution < 1.29 is 19.0 Å². The molecule has 7 heteroatoms. The Bertz CT molecular complexity index is 924. The number of anilines is 1. The first-order chi connectivity index (χ1) is 15.6. The van der Waals surface area contributed by atoms with E-state index in [2.05, 4.69) is 34.5 Å². The fraction of sp³-hybridized carbons (Fsp3) is 0.480. The lowest BCUT2D eigenvalue weighted by molar-refractivity contribution is 0.140. The average molecular weight is 440 g/mol. The lowest BCUT2D eigenvalue weighted by Crippen LogP contribution is -2.46. The minimum atomic E-state index is -0.0898. The van der Waals surface area contributed by atoms with Crippen LogP contribution in [0.15, 0.2) is 36.4 Å². The highest BCUT2D eigenvalue weighted by molar-refractivity contribution is 5.90. The lowest BCUT2D eigenvalue weighted by atomic mass is 9.95. The highest BCUT2D eigenvalue weighted by Crippen LogP contribution is 2.40. The average Bonchev–Trinajstić information content (AvgIpc) is 2.83. The van der Waals surface area contributed by atoms with Gasteiger partial charge in [0.2, 0.25) is 5.75 Å². The van der Waals surface area contributed by atoms with Crippen molar-refractivity contribution in [3.05, 3.63) is 47.5 Å². The Balaban J connectivity index is 1.37. The molecule has 32 heavy (non-hydrogen) atoms. The summed E-state index contributed by atoms with van der Waals surface area (Å²) in [6, 6.07) is 12.1. The molecule has 172 valence electrons. The molecule has 1 unspecified atom stereocenters. The van der Waals surface area contributed by atoms with Gasteiger partial charge in [-0.3, -0.25) is 4.90 Å². The molecule has 1 saturated heterocycles. The number of ether oxygens (including phenoxy) is 3. The van der Waals surface area contributed by atoms with E-state index in [0.717, 1.165) is 52.0 Å². The molecule has 1 fully saturated rings. The summed E-state index contributed by atoms with van der Waals surface area (Å²) in [4.78, 5) is 17.5. The van der Waals surface area contributed by atoms with Crippen LogP contribution in [0.3, 0.4) is 0 Å². The predicted molar refractivity (Wildman–Crippen MR) is 125 cm³/mol. The van der Waals surface area contributed by atoms with Crippen LogP contribution >= 0.6 is 0 Å². The number of amides is 2. The van der Waals surface area contributed by atoms with Gasteiger partial charge in [0.15, 0.2) is 11.5 Å². The molecule has 2 aliphatic heterocycles. The maximum absolute atomic E-state index is 13.0. The van der Waals surface area contributed by atoms with Gasteiger partial charge in [-0.25, -0.2) is 4.79 Å². The van der Waals surface area contributed by atoms with Gasteiger partial charge >= 0.3 is 6.03 Å². The van der Waals surface area contributed by atoms with E-state index >= 15 is 0 Å². The Kier molecular flexibility index (Phi) is 7.05. The van der Waals surface area contributed by atoms with Crippen LogP contribution in [0, 0.1) is 5.92 Å². The van der Waals surface area contributed by atoms with Crippen molar-refractivity contribution in [2.24, 2.45) is 5.92 Å². The minimum Gasteiger partial charge on any atom is -0.493 e. The van der Waals surface area contributed by atoms with Gasteiger partial charge in [-0.05, 0) is 36.3 Å². The van der Waals surface area contributed by atoms with E-state index in [1.165, 1.54) is 11.1 Å². The molecule has 0 aromatic heterocycles. The summed E-state index contributed by atoms with van der Waals surface area (Å²) in [6.07, 6.45) is 3.29. The second-order valence-electron chi connectivity index (χ2n) is 8.55. The molecule has 2 heterocycles. The van der Waals surface area contributed by atoms with Crippen LogP contribution in [0.25, 0.3) is 0 Å². The van der Waals surface area contributed by atoms with Crippen LogP contribution in [-0.4, -0.2) is 63.3 Å². The molecule has 0 spiro atoms. The zero-order valence-electron chi connectivity index (χ0n) is 19.2. The van der Waals surface area contributed by atoms with Gasteiger partial charge in [0.25, 0.3) is 0 Å². The molecule has 1 N–H and O–H groups in total. The highest BCUT2D eigenvalue weighted by atomic mass is 16.5. The summed E-state index contributed by atoms with van der Waals surface area (Å²) >= 11 is 0. The number of hydrogen-bond donors (Lipinski definition) is 1. The van der Waals surface area contributed by atoms with Crippen molar-refractivity contribution >= 4 is 11.7 Å². The summed E-state index contributed by atoms with van der Waals surface area (Å²) in [5.41, 5.74) is 3.53. The summed E-state index contributed by atoms with van der Waals surface area (Å²) in [6.45, 7) is 4.67. The third kappa shape index (κ3) is 4.93. The van der Waals surface area contributed by atoms with E-state index in [4.69, 9.17) is 14.2 Å². The SMILES string of the molecule is COc1cc(NC(=O)N2CCCC(CN3CCc4ccccc4C3)C2)cc(OC)c1OC. The summed E-state index contributed by atoms with van der Waals surface area (Å²) in [5, 5.41) is 3.01. The molecule has 0 aliphatic carbocycles. The molecule has 2 aliphatic rings. The fourth-order valence-corrected chi connectivity index (χ4v) is 4.83. The van der Waals surface area contributed by atoms with Crippen molar-refractivity contribution in [3.63, 3.8) is 0 Å². The van der Waals surface area contributed by atoms with Gasteiger partial charge in [-0.2, -0.15) is 0 Å². The predicted octanol–water partition coefficient (Wildman–Crippen LogP) is 4.01.